The highest BCUT2D eigenvalue weighted by molar-refractivity contribution is 5.92. The lowest BCUT2D eigenvalue weighted by atomic mass is 9.66. The summed E-state index contributed by atoms with van der Waals surface area (Å²) in [6, 6.07) is 3.48. The third-order valence-corrected chi connectivity index (χ3v) is 4.20. The molecule has 104 valence electrons. The highest BCUT2D eigenvalue weighted by Crippen LogP contribution is 2.43. The van der Waals surface area contributed by atoms with E-state index in [9.17, 15) is 9.90 Å². The van der Waals surface area contributed by atoms with E-state index in [1.54, 1.807) is 12.1 Å². The smallest absolute Gasteiger partial charge is 0.224 e. The maximum absolute atomic E-state index is 12.1. The van der Waals surface area contributed by atoms with Crippen LogP contribution in [0.3, 0.4) is 0 Å². The molecule has 2 rings (SSSR count). The van der Waals surface area contributed by atoms with Gasteiger partial charge in [-0.3, -0.25) is 4.79 Å². The van der Waals surface area contributed by atoms with Gasteiger partial charge in [0.1, 0.15) is 5.75 Å². The maximum atomic E-state index is 12.1. The normalized spacial score (nSPS) is 16.8. The number of amides is 1. The molecule has 1 amide bonds. The molecule has 0 heterocycles. The van der Waals surface area contributed by atoms with Gasteiger partial charge in [0.25, 0.3) is 0 Å². The number of phenols is 1. The Morgan fingerprint density at radius 3 is 2.58 bits per heavy atom. The number of phenolic OH excluding ortho intramolecular Hbond substituents is 1. The predicted octanol–water partition coefficient (Wildman–Crippen LogP) is 2.47. The number of carbonyl (C=O) groups is 1. The van der Waals surface area contributed by atoms with E-state index in [4.69, 9.17) is 5.73 Å². The molecule has 1 fully saturated rings. The second-order valence-electron chi connectivity index (χ2n) is 5.74. The fourth-order valence-corrected chi connectivity index (χ4v) is 2.60. The van der Waals surface area contributed by atoms with Crippen LogP contribution < -0.4 is 11.1 Å². The van der Waals surface area contributed by atoms with E-state index in [-0.39, 0.29) is 17.1 Å². The van der Waals surface area contributed by atoms with Crippen molar-refractivity contribution in [3.8, 4) is 5.75 Å². The molecule has 0 saturated heterocycles. The number of hydrogen-bond acceptors (Lipinski definition) is 3. The number of carbonyl (C=O) groups excluding carboxylic acids is 1. The number of anilines is 1. The molecular formula is C15H22N2O2. The molecule has 1 aromatic rings. The lowest BCUT2D eigenvalue weighted by molar-refractivity contribution is -0.119. The molecule has 0 aliphatic heterocycles. The minimum Gasteiger partial charge on any atom is -0.508 e. The number of nitrogens with two attached hydrogens (primary N) is 1. The van der Waals surface area contributed by atoms with E-state index in [0.717, 1.165) is 29.7 Å². The van der Waals surface area contributed by atoms with Crippen LogP contribution in [-0.2, 0) is 4.79 Å². The highest BCUT2D eigenvalue weighted by atomic mass is 16.3. The van der Waals surface area contributed by atoms with Gasteiger partial charge in [-0.15, -0.1) is 0 Å². The number of aromatic hydroxyl groups is 1. The van der Waals surface area contributed by atoms with E-state index in [1.807, 2.05) is 13.8 Å². The number of nitrogens with one attached hydrogen (secondary N) is 1. The van der Waals surface area contributed by atoms with Gasteiger partial charge in [0.15, 0.2) is 0 Å². The first-order chi connectivity index (χ1) is 8.96. The van der Waals surface area contributed by atoms with Crippen molar-refractivity contribution in [2.75, 3.05) is 11.9 Å². The van der Waals surface area contributed by atoms with E-state index in [1.165, 1.54) is 6.42 Å². The fraction of sp³-hybridized carbons (Fsp3) is 0.533. The van der Waals surface area contributed by atoms with Crippen molar-refractivity contribution < 1.29 is 9.90 Å². The number of hydrogen-bond donors (Lipinski definition) is 3. The Bertz CT molecular complexity index is 488. The second-order valence-corrected chi connectivity index (χ2v) is 5.74. The number of rotatable bonds is 4. The zero-order valence-electron chi connectivity index (χ0n) is 11.6. The molecule has 0 aromatic heterocycles. The first-order valence-electron chi connectivity index (χ1n) is 6.76. The first-order valence-corrected chi connectivity index (χ1v) is 6.76. The van der Waals surface area contributed by atoms with Crippen molar-refractivity contribution in [1.82, 2.24) is 0 Å². The van der Waals surface area contributed by atoms with Crippen molar-refractivity contribution in [3.05, 3.63) is 23.3 Å². The Hall–Kier alpha value is -1.55. The molecule has 0 radical (unpaired) electrons. The Kier molecular flexibility index (Phi) is 3.80. The number of benzene rings is 1. The van der Waals surface area contributed by atoms with Crippen molar-refractivity contribution in [2.45, 2.75) is 39.5 Å². The van der Waals surface area contributed by atoms with Crippen LogP contribution in [0.4, 0.5) is 5.69 Å². The summed E-state index contributed by atoms with van der Waals surface area (Å²) in [5.74, 6) is 0.270. The van der Waals surface area contributed by atoms with Crippen LogP contribution in [0.5, 0.6) is 5.75 Å². The molecule has 0 bridgehead atoms. The van der Waals surface area contributed by atoms with Crippen molar-refractivity contribution >= 4 is 11.6 Å². The molecule has 4 heteroatoms. The monoisotopic (exact) mass is 262 g/mol. The van der Waals surface area contributed by atoms with Crippen molar-refractivity contribution in [1.29, 1.82) is 0 Å². The number of aryl methyl sites for hydroxylation is 2. The quantitative estimate of drug-likeness (QED) is 0.730. The molecule has 4 N–H and O–H groups in total. The molecule has 0 unspecified atom stereocenters. The predicted molar refractivity (Wildman–Crippen MR) is 76.2 cm³/mol. The van der Waals surface area contributed by atoms with E-state index in [2.05, 4.69) is 5.32 Å². The van der Waals surface area contributed by atoms with Crippen molar-refractivity contribution in [3.63, 3.8) is 0 Å². The van der Waals surface area contributed by atoms with Gasteiger partial charge in [0, 0.05) is 12.1 Å². The largest absolute Gasteiger partial charge is 0.508 e. The van der Waals surface area contributed by atoms with Gasteiger partial charge in [-0.25, -0.2) is 0 Å². The standard InChI is InChI=1S/C15H22N2O2/c1-10-7-13(18)11(2)6-12(10)17-14(19)8-15(9-16)4-3-5-15/h6-7,18H,3-5,8-9,16H2,1-2H3,(H,17,19). The second kappa shape index (κ2) is 5.21. The van der Waals surface area contributed by atoms with Crippen LogP contribution in [-0.4, -0.2) is 17.6 Å². The summed E-state index contributed by atoms with van der Waals surface area (Å²) in [6.07, 6.45) is 3.75. The van der Waals surface area contributed by atoms with Gasteiger partial charge >= 0.3 is 0 Å². The van der Waals surface area contributed by atoms with Gasteiger partial charge < -0.3 is 16.2 Å². The molecule has 1 saturated carbocycles. The van der Waals surface area contributed by atoms with Crippen molar-refractivity contribution in [2.24, 2.45) is 11.1 Å². The summed E-state index contributed by atoms with van der Waals surface area (Å²) in [5.41, 5.74) is 8.19. The first kappa shape index (κ1) is 13.9. The third-order valence-electron chi connectivity index (χ3n) is 4.20. The fourth-order valence-electron chi connectivity index (χ4n) is 2.60. The van der Waals surface area contributed by atoms with Crippen LogP contribution in [0.1, 0.15) is 36.8 Å². The topological polar surface area (TPSA) is 75.4 Å². The molecular weight excluding hydrogens is 240 g/mol. The zero-order chi connectivity index (χ0) is 14.0. The summed E-state index contributed by atoms with van der Waals surface area (Å²) in [7, 11) is 0. The third kappa shape index (κ3) is 2.89. The Morgan fingerprint density at radius 1 is 1.37 bits per heavy atom. The molecule has 19 heavy (non-hydrogen) atoms. The Morgan fingerprint density at radius 2 is 2.05 bits per heavy atom. The average molecular weight is 262 g/mol. The molecule has 4 nitrogen and oxygen atoms in total. The Labute approximate surface area is 114 Å². The minimum absolute atomic E-state index is 0.0124. The van der Waals surface area contributed by atoms with E-state index in [0.29, 0.717) is 13.0 Å². The van der Waals surface area contributed by atoms with Gasteiger partial charge in [-0.1, -0.05) is 6.42 Å². The van der Waals surface area contributed by atoms with Gasteiger partial charge in [0.05, 0.1) is 0 Å². The summed E-state index contributed by atoms with van der Waals surface area (Å²) >= 11 is 0. The summed E-state index contributed by atoms with van der Waals surface area (Å²) < 4.78 is 0. The van der Waals surface area contributed by atoms with Gasteiger partial charge in [-0.2, -0.15) is 0 Å². The molecule has 0 atom stereocenters. The molecule has 1 aliphatic rings. The van der Waals surface area contributed by atoms with E-state index >= 15 is 0 Å². The van der Waals surface area contributed by atoms with Gasteiger partial charge in [-0.05, 0) is 61.9 Å². The maximum Gasteiger partial charge on any atom is 0.224 e. The average Bonchev–Trinajstić information content (AvgIpc) is 2.31. The summed E-state index contributed by atoms with van der Waals surface area (Å²) in [6.45, 7) is 4.27. The van der Waals surface area contributed by atoms with E-state index < -0.39 is 0 Å². The van der Waals surface area contributed by atoms with Crippen LogP contribution >= 0.6 is 0 Å². The lowest BCUT2D eigenvalue weighted by Gasteiger charge is -2.40. The molecule has 0 spiro atoms. The summed E-state index contributed by atoms with van der Waals surface area (Å²) in [5, 5.41) is 12.5. The molecule has 1 aromatic carbocycles. The van der Waals surface area contributed by atoms with Crippen LogP contribution in [0.25, 0.3) is 0 Å². The zero-order valence-corrected chi connectivity index (χ0v) is 11.6. The summed E-state index contributed by atoms with van der Waals surface area (Å²) in [4.78, 5) is 12.1. The highest BCUT2D eigenvalue weighted by Gasteiger charge is 2.37. The minimum atomic E-state index is 0.0124. The molecule has 1 aliphatic carbocycles. The lowest BCUT2D eigenvalue weighted by Crippen LogP contribution is -2.40. The van der Waals surface area contributed by atoms with Crippen LogP contribution in [0.2, 0.25) is 0 Å². The van der Waals surface area contributed by atoms with Gasteiger partial charge in [0.2, 0.25) is 5.91 Å². The van der Waals surface area contributed by atoms with Crippen LogP contribution in [0, 0.1) is 19.3 Å². The van der Waals surface area contributed by atoms with Crippen LogP contribution in [0.15, 0.2) is 12.1 Å². The Balaban J connectivity index is 2.05. The SMILES string of the molecule is Cc1cc(NC(=O)CC2(CN)CCC2)c(C)cc1O.